The van der Waals surface area contributed by atoms with Crippen LogP contribution >= 0.6 is 0 Å². The lowest BCUT2D eigenvalue weighted by Crippen LogP contribution is -2.48. The zero-order valence-corrected chi connectivity index (χ0v) is 11.8. The predicted molar refractivity (Wildman–Crippen MR) is 72.1 cm³/mol. The Bertz CT molecular complexity index is 513. The summed E-state index contributed by atoms with van der Waals surface area (Å²) in [6, 6.07) is -0.236. The molecule has 0 saturated carbocycles. The number of hydrogen-bond acceptors (Lipinski definition) is 3. The second-order valence-electron chi connectivity index (χ2n) is 5.34. The van der Waals surface area contributed by atoms with Crippen molar-refractivity contribution in [2.45, 2.75) is 33.4 Å². The number of carbonyl (C=O) groups excluding carboxylic acids is 1. The van der Waals surface area contributed by atoms with E-state index in [1.54, 1.807) is 24.9 Å². The number of aromatic nitrogens is 2. The summed E-state index contributed by atoms with van der Waals surface area (Å²) in [5.41, 5.74) is -0.927. The molecule has 110 valence electrons. The monoisotopic (exact) mass is 280 g/mol. The molecule has 2 rings (SSSR count). The van der Waals surface area contributed by atoms with Gasteiger partial charge in [-0.3, -0.25) is 4.79 Å². The SMILES string of the molecule is CCC(C)(CNC(=O)N1CCn2ccnc2C1)C(=O)O. The molecule has 1 unspecified atom stereocenters. The molecule has 0 aliphatic carbocycles. The van der Waals surface area contributed by atoms with Gasteiger partial charge in [0.1, 0.15) is 5.82 Å². The molecule has 2 amide bonds. The Morgan fingerprint density at radius 1 is 1.50 bits per heavy atom. The van der Waals surface area contributed by atoms with Crippen LogP contribution in [-0.4, -0.2) is 44.6 Å². The van der Waals surface area contributed by atoms with Crippen molar-refractivity contribution in [3.05, 3.63) is 18.2 Å². The lowest BCUT2D eigenvalue weighted by molar-refractivity contribution is -0.147. The zero-order chi connectivity index (χ0) is 14.8. The number of fused-ring (bicyclic) bond motifs is 1. The number of rotatable bonds is 4. The molecule has 0 aromatic carbocycles. The van der Waals surface area contributed by atoms with Gasteiger partial charge in [-0.05, 0) is 13.3 Å². The second kappa shape index (κ2) is 5.52. The summed E-state index contributed by atoms with van der Waals surface area (Å²) in [6.45, 7) is 5.34. The van der Waals surface area contributed by atoms with Crippen LogP contribution in [0.3, 0.4) is 0 Å². The van der Waals surface area contributed by atoms with Crippen LogP contribution in [0.25, 0.3) is 0 Å². The summed E-state index contributed by atoms with van der Waals surface area (Å²) >= 11 is 0. The number of hydrogen-bond donors (Lipinski definition) is 2. The predicted octanol–water partition coefficient (Wildman–Crippen LogP) is 0.909. The van der Waals surface area contributed by atoms with Crippen molar-refractivity contribution in [2.24, 2.45) is 5.41 Å². The molecule has 1 aliphatic heterocycles. The molecule has 7 nitrogen and oxygen atoms in total. The van der Waals surface area contributed by atoms with E-state index in [1.807, 2.05) is 10.8 Å². The van der Waals surface area contributed by atoms with E-state index < -0.39 is 11.4 Å². The first-order valence-corrected chi connectivity index (χ1v) is 6.72. The number of urea groups is 1. The van der Waals surface area contributed by atoms with E-state index in [9.17, 15) is 14.7 Å². The third-order valence-corrected chi connectivity index (χ3v) is 3.96. The molecule has 7 heteroatoms. The Balaban J connectivity index is 1.92. The zero-order valence-electron chi connectivity index (χ0n) is 11.8. The largest absolute Gasteiger partial charge is 0.481 e. The lowest BCUT2D eigenvalue weighted by atomic mass is 9.88. The number of carbonyl (C=O) groups is 2. The molecule has 1 aromatic heterocycles. The fourth-order valence-electron chi connectivity index (χ4n) is 2.08. The van der Waals surface area contributed by atoms with Crippen molar-refractivity contribution in [3.8, 4) is 0 Å². The van der Waals surface area contributed by atoms with Gasteiger partial charge in [0.15, 0.2) is 0 Å². The van der Waals surface area contributed by atoms with Gasteiger partial charge in [0.05, 0.1) is 12.0 Å². The fraction of sp³-hybridized carbons (Fsp3) is 0.615. The van der Waals surface area contributed by atoms with Crippen LogP contribution in [0.2, 0.25) is 0 Å². The molecule has 1 atom stereocenters. The van der Waals surface area contributed by atoms with Crippen LogP contribution in [0.4, 0.5) is 4.79 Å². The molecular weight excluding hydrogens is 260 g/mol. The summed E-state index contributed by atoms with van der Waals surface area (Å²) < 4.78 is 2.01. The quantitative estimate of drug-likeness (QED) is 0.858. The summed E-state index contributed by atoms with van der Waals surface area (Å²) in [4.78, 5) is 29.1. The molecular formula is C13H20N4O3. The van der Waals surface area contributed by atoms with Crippen molar-refractivity contribution in [3.63, 3.8) is 0 Å². The number of imidazole rings is 1. The van der Waals surface area contributed by atoms with Crippen molar-refractivity contribution < 1.29 is 14.7 Å². The smallest absolute Gasteiger partial charge is 0.317 e. The van der Waals surface area contributed by atoms with Gasteiger partial charge in [-0.25, -0.2) is 9.78 Å². The third kappa shape index (κ3) is 2.76. The summed E-state index contributed by atoms with van der Waals surface area (Å²) in [5.74, 6) is -0.0441. The van der Waals surface area contributed by atoms with Crippen LogP contribution in [-0.2, 0) is 17.9 Å². The molecule has 2 N–H and O–H groups in total. The highest BCUT2D eigenvalue weighted by molar-refractivity contribution is 5.77. The minimum absolute atomic E-state index is 0.128. The van der Waals surface area contributed by atoms with E-state index in [0.29, 0.717) is 26.1 Å². The van der Waals surface area contributed by atoms with Gasteiger partial charge in [0.25, 0.3) is 0 Å². The van der Waals surface area contributed by atoms with Crippen LogP contribution in [0, 0.1) is 5.41 Å². The number of nitrogens with zero attached hydrogens (tertiary/aromatic N) is 3. The van der Waals surface area contributed by atoms with Gasteiger partial charge in [-0.2, -0.15) is 0 Å². The molecule has 0 saturated heterocycles. The Hall–Kier alpha value is -2.05. The summed E-state index contributed by atoms with van der Waals surface area (Å²) in [6.07, 6.45) is 4.07. The molecule has 1 aromatic rings. The topological polar surface area (TPSA) is 87.5 Å². The molecule has 0 bridgehead atoms. The number of nitrogens with one attached hydrogen (secondary N) is 1. The fourth-order valence-corrected chi connectivity index (χ4v) is 2.08. The first kappa shape index (κ1) is 14.4. The van der Waals surface area contributed by atoms with Gasteiger partial charge in [-0.1, -0.05) is 6.92 Å². The number of carboxylic acids is 1. The molecule has 0 radical (unpaired) electrons. The van der Waals surface area contributed by atoms with Crippen LogP contribution in [0.5, 0.6) is 0 Å². The first-order chi connectivity index (χ1) is 9.46. The van der Waals surface area contributed by atoms with Crippen molar-refractivity contribution in [1.29, 1.82) is 0 Å². The number of aliphatic carboxylic acids is 1. The Morgan fingerprint density at radius 3 is 2.90 bits per heavy atom. The average Bonchev–Trinajstić information content (AvgIpc) is 2.91. The Morgan fingerprint density at radius 2 is 2.25 bits per heavy atom. The van der Waals surface area contributed by atoms with Crippen molar-refractivity contribution >= 4 is 12.0 Å². The Kier molecular flexibility index (Phi) is 3.96. The van der Waals surface area contributed by atoms with Crippen molar-refractivity contribution in [1.82, 2.24) is 19.8 Å². The van der Waals surface area contributed by atoms with Gasteiger partial charge >= 0.3 is 12.0 Å². The van der Waals surface area contributed by atoms with Crippen LogP contribution < -0.4 is 5.32 Å². The summed E-state index contributed by atoms with van der Waals surface area (Å²) in [5, 5.41) is 11.9. The van der Waals surface area contributed by atoms with E-state index >= 15 is 0 Å². The maximum atomic E-state index is 12.1. The normalized spacial score (nSPS) is 17.2. The molecule has 0 fully saturated rings. The first-order valence-electron chi connectivity index (χ1n) is 6.72. The molecule has 1 aliphatic rings. The highest BCUT2D eigenvalue weighted by Crippen LogP contribution is 2.20. The van der Waals surface area contributed by atoms with Crippen molar-refractivity contribution in [2.75, 3.05) is 13.1 Å². The highest BCUT2D eigenvalue weighted by atomic mass is 16.4. The number of carboxylic acid groups (broad SMARTS) is 1. The minimum atomic E-state index is -0.927. The summed E-state index contributed by atoms with van der Waals surface area (Å²) in [7, 11) is 0. The van der Waals surface area contributed by atoms with E-state index in [0.717, 1.165) is 5.82 Å². The molecule has 2 heterocycles. The lowest BCUT2D eigenvalue weighted by Gasteiger charge is -2.30. The molecule has 20 heavy (non-hydrogen) atoms. The Labute approximate surface area is 117 Å². The van der Waals surface area contributed by atoms with E-state index in [2.05, 4.69) is 10.3 Å². The van der Waals surface area contributed by atoms with Gasteiger partial charge in [0, 0.05) is 32.0 Å². The third-order valence-electron chi connectivity index (χ3n) is 3.96. The van der Waals surface area contributed by atoms with Gasteiger partial charge < -0.3 is 19.9 Å². The second-order valence-corrected chi connectivity index (χ2v) is 5.34. The van der Waals surface area contributed by atoms with Gasteiger partial charge in [0.2, 0.25) is 0 Å². The minimum Gasteiger partial charge on any atom is -0.481 e. The standard InChI is InChI=1S/C13H20N4O3/c1-3-13(2,11(18)19)9-15-12(20)17-7-6-16-5-4-14-10(16)8-17/h4-5H,3,6-9H2,1-2H3,(H,15,20)(H,18,19). The highest BCUT2D eigenvalue weighted by Gasteiger charge is 2.32. The number of amides is 2. The van der Waals surface area contributed by atoms with E-state index in [1.165, 1.54) is 0 Å². The maximum Gasteiger partial charge on any atom is 0.317 e. The average molecular weight is 280 g/mol. The van der Waals surface area contributed by atoms with Gasteiger partial charge in [-0.15, -0.1) is 0 Å². The van der Waals surface area contributed by atoms with Crippen LogP contribution in [0.1, 0.15) is 26.1 Å². The van der Waals surface area contributed by atoms with E-state index in [4.69, 9.17) is 0 Å². The molecule has 0 spiro atoms. The van der Waals surface area contributed by atoms with E-state index in [-0.39, 0.29) is 12.6 Å². The van der Waals surface area contributed by atoms with Crippen LogP contribution in [0.15, 0.2) is 12.4 Å². The maximum absolute atomic E-state index is 12.1.